The molecule has 0 aliphatic rings. The molecule has 2 aromatic rings. The molecular weight excluding hydrogens is 329 g/mol. The summed E-state index contributed by atoms with van der Waals surface area (Å²) in [6.45, 7) is 2.09. The Hall–Kier alpha value is -1.06. The highest BCUT2D eigenvalue weighted by Gasteiger charge is 2.11. The van der Waals surface area contributed by atoms with E-state index in [0.29, 0.717) is 5.02 Å². The maximum atomic E-state index is 12.9. The van der Waals surface area contributed by atoms with Crippen molar-refractivity contribution in [1.29, 1.82) is 0 Å². The van der Waals surface area contributed by atoms with Crippen LogP contribution in [-0.4, -0.2) is 0 Å². The lowest BCUT2D eigenvalue weighted by atomic mass is 10.0. The molecule has 4 heteroatoms. The first kappa shape index (κ1) is 14.4. The molecule has 0 aromatic heterocycles. The highest BCUT2D eigenvalue weighted by atomic mass is 79.9. The summed E-state index contributed by atoms with van der Waals surface area (Å²) < 4.78 is 13.9. The van der Waals surface area contributed by atoms with E-state index in [1.807, 2.05) is 18.2 Å². The second-order valence-corrected chi connectivity index (χ2v) is 5.57. The molecule has 0 saturated carbocycles. The zero-order valence-electron chi connectivity index (χ0n) is 10.5. The minimum absolute atomic E-state index is 0.137. The van der Waals surface area contributed by atoms with E-state index in [1.54, 1.807) is 12.1 Å². The Morgan fingerprint density at radius 1 is 1.21 bits per heavy atom. The van der Waals surface area contributed by atoms with Crippen molar-refractivity contribution in [3.63, 3.8) is 0 Å². The Kier molecular flexibility index (Phi) is 4.83. The minimum Gasteiger partial charge on any atom is -0.377 e. The molecule has 19 heavy (non-hydrogen) atoms. The first-order chi connectivity index (χ1) is 9.10. The number of hydrogen-bond donors (Lipinski definition) is 1. The number of rotatable bonds is 4. The van der Waals surface area contributed by atoms with E-state index in [-0.39, 0.29) is 11.9 Å². The number of nitrogens with one attached hydrogen (secondary N) is 1. The van der Waals surface area contributed by atoms with Crippen LogP contribution in [0, 0.1) is 5.82 Å². The molecule has 0 aliphatic heterocycles. The molecule has 0 aliphatic carbocycles. The fraction of sp³-hybridized carbons (Fsp3) is 0.200. The van der Waals surface area contributed by atoms with E-state index in [4.69, 9.17) is 11.6 Å². The molecule has 0 bridgehead atoms. The van der Waals surface area contributed by atoms with Crippen molar-refractivity contribution in [2.75, 3.05) is 5.32 Å². The summed E-state index contributed by atoms with van der Waals surface area (Å²) in [7, 11) is 0. The van der Waals surface area contributed by atoms with Gasteiger partial charge in [0, 0.05) is 15.2 Å². The highest BCUT2D eigenvalue weighted by molar-refractivity contribution is 9.10. The van der Waals surface area contributed by atoms with Crippen LogP contribution in [0.3, 0.4) is 0 Å². The van der Waals surface area contributed by atoms with E-state index >= 15 is 0 Å². The summed E-state index contributed by atoms with van der Waals surface area (Å²) in [5.74, 6) is -0.216. The van der Waals surface area contributed by atoms with Gasteiger partial charge in [0.25, 0.3) is 0 Å². The first-order valence-corrected chi connectivity index (χ1v) is 7.24. The molecule has 1 atom stereocenters. The average Bonchev–Trinajstić information content (AvgIpc) is 2.39. The quantitative estimate of drug-likeness (QED) is 0.740. The van der Waals surface area contributed by atoms with E-state index in [9.17, 15) is 4.39 Å². The monoisotopic (exact) mass is 341 g/mol. The normalized spacial score (nSPS) is 12.2. The van der Waals surface area contributed by atoms with Crippen LogP contribution in [0.2, 0.25) is 5.02 Å². The van der Waals surface area contributed by atoms with Crippen LogP contribution in [0.4, 0.5) is 10.1 Å². The molecule has 1 N–H and O–H groups in total. The lowest BCUT2D eigenvalue weighted by Gasteiger charge is -2.20. The largest absolute Gasteiger partial charge is 0.377 e. The second-order valence-electron chi connectivity index (χ2n) is 4.28. The van der Waals surface area contributed by atoms with Gasteiger partial charge in [-0.05, 0) is 58.2 Å². The number of halogens is 3. The van der Waals surface area contributed by atoms with Crippen LogP contribution in [-0.2, 0) is 0 Å². The first-order valence-electron chi connectivity index (χ1n) is 6.07. The predicted octanol–water partition coefficient (Wildman–Crippen LogP) is 5.80. The molecule has 2 rings (SSSR count). The molecule has 0 fully saturated rings. The van der Waals surface area contributed by atoms with Crippen LogP contribution in [0.5, 0.6) is 0 Å². The van der Waals surface area contributed by atoms with Gasteiger partial charge < -0.3 is 5.32 Å². The number of anilines is 1. The highest BCUT2D eigenvalue weighted by Crippen LogP contribution is 2.30. The number of benzene rings is 2. The van der Waals surface area contributed by atoms with Gasteiger partial charge in [0.05, 0.1) is 6.04 Å². The third-order valence-electron chi connectivity index (χ3n) is 2.94. The van der Waals surface area contributed by atoms with E-state index in [1.165, 1.54) is 12.1 Å². The molecule has 1 unspecified atom stereocenters. The van der Waals surface area contributed by atoms with Gasteiger partial charge in [-0.1, -0.05) is 30.7 Å². The third kappa shape index (κ3) is 3.71. The maximum absolute atomic E-state index is 12.9. The molecule has 0 heterocycles. The zero-order valence-corrected chi connectivity index (χ0v) is 12.8. The van der Waals surface area contributed by atoms with Gasteiger partial charge in [0.15, 0.2) is 0 Å². The molecular formula is C15H14BrClFN. The fourth-order valence-electron chi connectivity index (χ4n) is 1.91. The number of hydrogen-bond acceptors (Lipinski definition) is 1. The Balaban J connectivity index is 2.21. The van der Waals surface area contributed by atoms with Gasteiger partial charge in [-0.25, -0.2) is 4.39 Å². The summed E-state index contributed by atoms with van der Waals surface area (Å²) in [6, 6.07) is 12.3. The fourth-order valence-corrected chi connectivity index (χ4v) is 2.71. The van der Waals surface area contributed by atoms with Gasteiger partial charge in [-0.15, -0.1) is 0 Å². The summed E-state index contributed by atoms with van der Waals surface area (Å²) in [5, 5.41) is 4.12. The van der Waals surface area contributed by atoms with Crippen LogP contribution >= 0.6 is 27.5 Å². The SMILES string of the molecule is CCC(Nc1ccc(Cl)cc1Br)c1ccc(F)cc1. The lowest BCUT2D eigenvalue weighted by Crippen LogP contribution is -2.10. The van der Waals surface area contributed by atoms with E-state index in [0.717, 1.165) is 22.1 Å². The molecule has 100 valence electrons. The average molecular weight is 343 g/mol. The molecule has 2 aromatic carbocycles. The topological polar surface area (TPSA) is 12.0 Å². The van der Waals surface area contributed by atoms with Crippen molar-refractivity contribution in [2.24, 2.45) is 0 Å². The van der Waals surface area contributed by atoms with Gasteiger partial charge in [0.1, 0.15) is 5.82 Å². The van der Waals surface area contributed by atoms with Gasteiger partial charge in [-0.3, -0.25) is 0 Å². The van der Waals surface area contributed by atoms with E-state index < -0.39 is 0 Å². The Morgan fingerprint density at radius 3 is 2.47 bits per heavy atom. The zero-order chi connectivity index (χ0) is 13.8. The standard InChI is InChI=1S/C15H14BrClFN/c1-2-14(10-3-6-12(18)7-4-10)19-15-8-5-11(17)9-13(15)16/h3-9,14,19H,2H2,1H3. The molecule has 1 nitrogen and oxygen atoms in total. The summed E-state index contributed by atoms with van der Waals surface area (Å²) in [6.07, 6.45) is 0.903. The van der Waals surface area contributed by atoms with Crippen LogP contribution in [0.1, 0.15) is 24.9 Å². The summed E-state index contributed by atoms with van der Waals surface area (Å²) >= 11 is 9.40. The Labute approximate surface area is 125 Å². The van der Waals surface area contributed by atoms with Crippen molar-refractivity contribution < 1.29 is 4.39 Å². The van der Waals surface area contributed by atoms with Crippen LogP contribution in [0.15, 0.2) is 46.9 Å². The van der Waals surface area contributed by atoms with Gasteiger partial charge in [-0.2, -0.15) is 0 Å². The summed E-state index contributed by atoms with van der Waals surface area (Å²) in [4.78, 5) is 0. The Morgan fingerprint density at radius 2 is 1.89 bits per heavy atom. The predicted molar refractivity (Wildman–Crippen MR) is 82.2 cm³/mol. The smallest absolute Gasteiger partial charge is 0.123 e. The third-order valence-corrected chi connectivity index (χ3v) is 3.83. The Bertz CT molecular complexity index is 557. The van der Waals surface area contributed by atoms with Gasteiger partial charge >= 0.3 is 0 Å². The van der Waals surface area contributed by atoms with Crippen molar-refractivity contribution in [3.8, 4) is 0 Å². The van der Waals surface area contributed by atoms with Crippen molar-refractivity contribution in [3.05, 3.63) is 63.3 Å². The molecule has 0 amide bonds. The minimum atomic E-state index is -0.216. The second kappa shape index (κ2) is 6.40. The van der Waals surface area contributed by atoms with Crippen molar-refractivity contribution in [2.45, 2.75) is 19.4 Å². The summed E-state index contributed by atoms with van der Waals surface area (Å²) in [5.41, 5.74) is 2.03. The van der Waals surface area contributed by atoms with E-state index in [2.05, 4.69) is 28.2 Å². The lowest BCUT2D eigenvalue weighted by molar-refractivity contribution is 0.625. The maximum Gasteiger partial charge on any atom is 0.123 e. The van der Waals surface area contributed by atoms with Crippen LogP contribution in [0.25, 0.3) is 0 Å². The van der Waals surface area contributed by atoms with Crippen molar-refractivity contribution >= 4 is 33.2 Å². The molecule has 0 spiro atoms. The molecule has 0 saturated heterocycles. The van der Waals surface area contributed by atoms with Crippen LogP contribution < -0.4 is 5.32 Å². The van der Waals surface area contributed by atoms with Gasteiger partial charge in [0.2, 0.25) is 0 Å². The molecule has 0 radical (unpaired) electrons. The van der Waals surface area contributed by atoms with Crippen molar-refractivity contribution in [1.82, 2.24) is 0 Å².